The zero-order valence-electron chi connectivity index (χ0n) is 35.2. The SMILES string of the molecule is CC(C)CC(=O)N1Cc2ccccc2-c2nnn(CC(C)C)c2-c2ccccc21.CC(C)CC(=O)N1Cc2ccccc2C#Cc2ccccc21.CC(C)CN=[N+]=[N-]. The minimum atomic E-state index is 0.147. The van der Waals surface area contributed by atoms with Crippen LogP contribution in [0.15, 0.2) is 102 Å². The molecular weight excluding hydrogens is 721 g/mol. The van der Waals surface area contributed by atoms with Crippen LogP contribution in [0.4, 0.5) is 11.4 Å². The van der Waals surface area contributed by atoms with E-state index in [-0.39, 0.29) is 11.8 Å². The molecule has 10 heteroatoms. The number of hydrogen-bond acceptors (Lipinski definition) is 5. The zero-order chi connectivity index (χ0) is 41.8. The van der Waals surface area contributed by atoms with Gasteiger partial charge in [-0.15, -0.1) is 5.10 Å². The van der Waals surface area contributed by atoms with Crippen LogP contribution in [0.5, 0.6) is 0 Å². The van der Waals surface area contributed by atoms with Crippen LogP contribution in [-0.4, -0.2) is 33.4 Å². The first-order valence-electron chi connectivity index (χ1n) is 20.3. The van der Waals surface area contributed by atoms with Crippen molar-refractivity contribution in [1.29, 1.82) is 0 Å². The van der Waals surface area contributed by atoms with Crippen molar-refractivity contribution in [2.45, 2.75) is 87.9 Å². The van der Waals surface area contributed by atoms with Gasteiger partial charge in [-0.05, 0) is 64.6 Å². The Hall–Kier alpha value is -6.17. The van der Waals surface area contributed by atoms with Crippen LogP contribution in [0.3, 0.4) is 0 Å². The summed E-state index contributed by atoms with van der Waals surface area (Å²) in [5.74, 6) is 8.31. The number of rotatable bonds is 8. The summed E-state index contributed by atoms with van der Waals surface area (Å²) < 4.78 is 1.99. The largest absolute Gasteiger partial charge is 0.307 e. The number of anilines is 2. The van der Waals surface area contributed by atoms with Crippen LogP contribution in [0.1, 0.15) is 90.5 Å². The van der Waals surface area contributed by atoms with Crippen LogP contribution in [0.25, 0.3) is 33.0 Å². The summed E-state index contributed by atoms with van der Waals surface area (Å²) >= 11 is 0. The van der Waals surface area contributed by atoms with E-state index in [1.54, 1.807) is 0 Å². The van der Waals surface area contributed by atoms with Crippen LogP contribution >= 0.6 is 0 Å². The minimum Gasteiger partial charge on any atom is -0.307 e. The fourth-order valence-corrected chi connectivity index (χ4v) is 6.84. The number of azide groups is 1. The van der Waals surface area contributed by atoms with E-state index in [0.29, 0.717) is 56.1 Å². The molecule has 0 unspecified atom stereocenters. The molecule has 0 saturated heterocycles. The Labute approximate surface area is 343 Å². The van der Waals surface area contributed by atoms with E-state index >= 15 is 0 Å². The maximum Gasteiger partial charge on any atom is 0.227 e. The number of carbonyl (C=O) groups excluding carboxylic acids is 2. The van der Waals surface area contributed by atoms with Crippen molar-refractivity contribution in [3.63, 3.8) is 0 Å². The Kier molecular flexibility index (Phi) is 15.0. The Balaban J connectivity index is 0.000000195. The summed E-state index contributed by atoms with van der Waals surface area (Å²) in [7, 11) is 0. The van der Waals surface area contributed by atoms with Crippen molar-refractivity contribution in [1.82, 2.24) is 15.0 Å². The minimum absolute atomic E-state index is 0.147. The van der Waals surface area contributed by atoms with E-state index in [9.17, 15) is 9.59 Å². The Morgan fingerprint density at radius 3 is 1.78 bits per heavy atom. The van der Waals surface area contributed by atoms with Crippen LogP contribution in [-0.2, 0) is 29.2 Å². The molecular formula is C48H56N8O2. The van der Waals surface area contributed by atoms with E-state index in [2.05, 4.69) is 91.9 Å². The van der Waals surface area contributed by atoms with E-state index in [1.165, 1.54) is 0 Å². The molecule has 4 aromatic carbocycles. The summed E-state index contributed by atoms with van der Waals surface area (Å²) in [5, 5.41) is 12.4. The molecule has 0 bridgehead atoms. The molecule has 300 valence electrons. The molecule has 58 heavy (non-hydrogen) atoms. The highest BCUT2D eigenvalue weighted by Crippen LogP contribution is 2.41. The Morgan fingerprint density at radius 1 is 0.655 bits per heavy atom. The number of carbonyl (C=O) groups is 2. The Bertz CT molecular complexity index is 2310. The van der Waals surface area contributed by atoms with Gasteiger partial charge in [0.15, 0.2) is 0 Å². The van der Waals surface area contributed by atoms with Gasteiger partial charge in [0, 0.05) is 53.1 Å². The van der Waals surface area contributed by atoms with Gasteiger partial charge < -0.3 is 9.80 Å². The molecule has 5 aromatic rings. The quantitative estimate of drug-likeness (QED) is 0.0674. The second-order valence-corrected chi connectivity index (χ2v) is 16.4. The van der Waals surface area contributed by atoms with Gasteiger partial charge in [0.2, 0.25) is 11.8 Å². The van der Waals surface area contributed by atoms with E-state index in [4.69, 9.17) is 5.53 Å². The molecule has 0 spiro atoms. The van der Waals surface area contributed by atoms with Gasteiger partial charge in [0.25, 0.3) is 0 Å². The zero-order valence-corrected chi connectivity index (χ0v) is 35.2. The molecule has 0 aliphatic carbocycles. The molecule has 7 rings (SSSR count). The van der Waals surface area contributed by atoms with Crippen LogP contribution in [0.2, 0.25) is 0 Å². The molecule has 0 fully saturated rings. The van der Waals surface area contributed by atoms with Crippen LogP contribution < -0.4 is 9.80 Å². The average molecular weight is 777 g/mol. The molecule has 2 aliphatic heterocycles. The highest BCUT2D eigenvalue weighted by Gasteiger charge is 2.29. The van der Waals surface area contributed by atoms with Gasteiger partial charge in [0.05, 0.1) is 30.2 Å². The van der Waals surface area contributed by atoms with E-state index in [0.717, 1.165) is 62.7 Å². The van der Waals surface area contributed by atoms with Crippen molar-refractivity contribution in [3.8, 4) is 34.4 Å². The van der Waals surface area contributed by atoms with Gasteiger partial charge >= 0.3 is 0 Å². The number of hydrogen-bond donors (Lipinski definition) is 0. The first-order valence-corrected chi connectivity index (χ1v) is 20.3. The predicted octanol–water partition coefficient (Wildman–Crippen LogP) is 11.1. The lowest BCUT2D eigenvalue weighted by molar-refractivity contribution is -0.120. The third kappa shape index (κ3) is 11.0. The van der Waals surface area contributed by atoms with Crippen molar-refractivity contribution in [3.05, 3.63) is 130 Å². The molecule has 3 heterocycles. The van der Waals surface area contributed by atoms with Gasteiger partial charge in [-0.25, -0.2) is 4.68 Å². The van der Waals surface area contributed by atoms with Gasteiger partial charge in [-0.2, -0.15) is 0 Å². The molecule has 0 N–H and O–H groups in total. The average Bonchev–Trinajstić information content (AvgIpc) is 3.58. The number of nitrogens with zero attached hydrogens (tertiary/aromatic N) is 8. The van der Waals surface area contributed by atoms with Crippen molar-refractivity contribution in [2.75, 3.05) is 16.3 Å². The summed E-state index contributed by atoms with van der Waals surface area (Å²) in [6.07, 6.45) is 1.07. The van der Waals surface area contributed by atoms with Crippen molar-refractivity contribution >= 4 is 23.2 Å². The number of aromatic nitrogens is 3. The van der Waals surface area contributed by atoms with Crippen LogP contribution in [0, 0.1) is 35.5 Å². The summed E-state index contributed by atoms with van der Waals surface area (Å²) in [4.78, 5) is 32.4. The highest BCUT2D eigenvalue weighted by molar-refractivity contribution is 6.00. The molecule has 10 nitrogen and oxygen atoms in total. The summed E-state index contributed by atoms with van der Waals surface area (Å²) in [6, 6.07) is 32.3. The highest BCUT2D eigenvalue weighted by atomic mass is 16.2. The summed E-state index contributed by atoms with van der Waals surface area (Å²) in [6.45, 7) is 19.2. The topological polar surface area (TPSA) is 120 Å². The first kappa shape index (κ1) is 43.0. The number of fused-ring (bicyclic) bond motifs is 7. The number of benzene rings is 4. The summed E-state index contributed by atoms with van der Waals surface area (Å²) in [5.41, 5.74) is 17.7. The lowest BCUT2D eigenvalue weighted by Gasteiger charge is -2.29. The van der Waals surface area contributed by atoms with Gasteiger partial charge in [-0.1, -0.05) is 150 Å². The fourth-order valence-electron chi connectivity index (χ4n) is 6.84. The second kappa shape index (κ2) is 20.3. The van der Waals surface area contributed by atoms with Crippen molar-refractivity contribution < 1.29 is 9.59 Å². The third-order valence-corrected chi connectivity index (χ3v) is 9.47. The normalized spacial score (nSPS) is 12.3. The maximum atomic E-state index is 13.2. The predicted molar refractivity (Wildman–Crippen MR) is 235 cm³/mol. The molecule has 0 radical (unpaired) electrons. The molecule has 0 saturated carbocycles. The van der Waals surface area contributed by atoms with E-state index in [1.807, 2.05) is 107 Å². The van der Waals surface area contributed by atoms with Gasteiger partial charge in [0.1, 0.15) is 5.69 Å². The Morgan fingerprint density at radius 2 is 1.17 bits per heavy atom. The van der Waals surface area contributed by atoms with Gasteiger partial charge in [-0.3, -0.25) is 9.59 Å². The standard InChI is InChI=1S/C24H28N4O.C20H19NO.C4H9N3/c1-16(2)13-22(29)27-15-18-9-5-6-10-19(18)23-24(20-11-7-8-12-21(20)27)28(26-25-23)14-17(3)4;1-15(2)13-20(22)21-14-18-9-4-3-7-16(18)11-12-17-8-5-6-10-19(17)21;1-4(2)3-6-7-5/h5-12,16-17H,13-15H2,1-4H3;3-10,15H,13-14H2,1-2H3;4H,3H2,1-2H3. The molecule has 2 amide bonds. The first-order chi connectivity index (χ1) is 27.9. The number of para-hydroxylation sites is 2. The fraction of sp³-hybridized carbons (Fsp3) is 0.375. The van der Waals surface area contributed by atoms with Crippen molar-refractivity contribution in [2.24, 2.45) is 28.8 Å². The molecule has 2 aliphatic rings. The third-order valence-electron chi connectivity index (χ3n) is 9.47. The molecule has 0 atom stereocenters. The lowest BCUT2D eigenvalue weighted by Crippen LogP contribution is -2.32. The molecule has 1 aromatic heterocycles. The number of amides is 2. The van der Waals surface area contributed by atoms with E-state index < -0.39 is 0 Å². The second-order valence-electron chi connectivity index (χ2n) is 16.4. The smallest absolute Gasteiger partial charge is 0.227 e. The lowest BCUT2D eigenvalue weighted by atomic mass is 9.95. The maximum absolute atomic E-state index is 13.2. The monoisotopic (exact) mass is 776 g/mol.